The minimum absolute atomic E-state index is 0.141. The molecule has 0 radical (unpaired) electrons. The largest absolute Gasteiger partial charge is 0.394 e. The quantitative estimate of drug-likeness (QED) is 0.0332. The second-order valence-electron chi connectivity index (χ2n) is 18.8. The molecule has 1 saturated heterocycles. The van der Waals surface area contributed by atoms with E-state index in [1.54, 1.807) is 6.92 Å². The maximum atomic E-state index is 13.1. The van der Waals surface area contributed by atoms with Crippen molar-refractivity contribution in [3.63, 3.8) is 0 Å². The number of rotatable bonds is 44. The summed E-state index contributed by atoms with van der Waals surface area (Å²) < 4.78 is 11.7. The summed E-state index contributed by atoms with van der Waals surface area (Å²) in [6, 6.07) is -0.873. The Labute approximate surface area is 370 Å². The van der Waals surface area contributed by atoms with Crippen LogP contribution in [0.15, 0.2) is 0 Å². The Bertz CT molecular complexity index is 924. The summed E-state index contributed by atoms with van der Waals surface area (Å²) >= 11 is 0. The predicted molar refractivity (Wildman–Crippen MR) is 249 cm³/mol. The average Bonchev–Trinajstić information content (AvgIpc) is 3.25. The summed E-state index contributed by atoms with van der Waals surface area (Å²) in [4.78, 5) is 13.1. The van der Waals surface area contributed by atoms with E-state index in [2.05, 4.69) is 19.2 Å². The van der Waals surface area contributed by atoms with Gasteiger partial charge in [0, 0.05) is 12.3 Å². The van der Waals surface area contributed by atoms with Crippen molar-refractivity contribution in [2.24, 2.45) is 5.92 Å². The molecule has 1 heterocycles. The normalized spacial score (nSPS) is 21.0. The molecule has 60 heavy (non-hydrogen) atoms. The number of carbonyl (C=O) groups excluding carboxylic acids is 1. The lowest BCUT2D eigenvalue weighted by atomic mass is 9.92. The first-order chi connectivity index (χ1) is 29.3. The van der Waals surface area contributed by atoms with Gasteiger partial charge in [-0.2, -0.15) is 0 Å². The van der Waals surface area contributed by atoms with Crippen LogP contribution in [0.4, 0.5) is 0 Å². The van der Waals surface area contributed by atoms with Crippen LogP contribution in [-0.2, 0) is 14.3 Å². The Morgan fingerprint density at radius 1 is 0.550 bits per heavy atom. The van der Waals surface area contributed by atoms with E-state index in [4.69, 9.17) is 9.47 Å². The van der Waals surface area contributed by atoms with Gasteiger partial charge in [-0.3, -0.25) is 4.79 Å². The highest BCUT2D eigenvalue weighted by Gasteiger charge is 2.43. The van der Waals surface area contributed by atoms with Crippen LogP contribution >= 0.6 is 0 Å². The lowest BCUT2D eigenvalue weighted by molar-refractivity contribution is -0.284. The van der Waals surface area contributed by atoms with Crippen molar-refractivity contribution >= 4 is 5.91 Å². The molecular weight excluding hydrogens is 755 g/mol. The summed E-state index contributed by atoms with van der Waals surface area (Å²) in [6.07, 6.45) is 39.1. The van der Waals surface area contributed by atoms with Gasteiger partial charge in [0.2, 0.25) is 5.91 Å². The molecule has 358 valence electrons. The van der Waals surface area contributed by atoms with Gasteiger partial charge in [-0.15, -0.1) is 0 Å². The number of hydrogen-bond donors (Lipinski definition) is 6. The highest BCUT2D eigenvalue weighted by Crippen LogP contribution is 2.27. The van der Waals surface area contributed by atoms with Crippen molar-refractivity contribution in [1.82, 2.24) is 5.32 Å². The zero-order chi connectivity index (χ0) is 43.9. The Balaban J connectivity index is 2.26. The number of unbranched alkanes of at least 4 members (excludes halogenated alkanes) is 33. The third-order valence-corrected chi connectivity index (χ3v) is 13.1. The molecule has 9 nitrogen and oxygen atoms in total. The zero-order valence-electron chi connectivity index (χ0n) is 39.7. The molecule has 6 N–H and O–H groups in total. The molecule has 0 bridgehead atoms. The molecule has 0 aromatic rings. The molecule has 0 aliphatic carbocycles. The van der Waals surface area contributed by atoms with Gasteiger partial charge in [0.15, 0.2) is 6.29 Å². The highest BCUT2D eigenvalue weighted by molar-refractivity contribution is 5.76. The predicted octanol–water partition coefficient (Wildman–Crippen LogP) is 11.8. The van der Waals surface area contributed by atoms with E-state index < -0.39 is 55.4 Å². The molecule has 8 atom stereocenters. The molecule has 1 aliphatic rings. The topological polar surface area (TPSA) is 149 Å². The fourth-order valence-electron chi connectivity index (χ4n) is 8.82. The van der Waals surface area contributed by atoms with Gasteiger partial charge < -0.3 is 40.3 Å². The van der Waals surface area contributed by atoms with Crippen molar-refractivity contribution in [1.29, 1.82) is 0 Å². The number of ether oxygens (including phenoxy) is 2. The smallest absolute Gasteiger partial charge is 0.220 e. The molecule has 3 unspecified atom stereocenters. The van der Waals surface area contributed by atoms with Crippen LogP contribution in [0.3, 0.4) is 0 Å². The van der Waals surface area contributed by atoms with Gasteiger partial charge in [-0.25, -0.2) is 0 Å². The minimum Gasteiger partial charge on any atom is -0.394 e. The molecule has 1 rings (SSSR count). The van der Waals surface area contributed by atoms with Crippen molar-refractivity contribution in [2.45, 2.75) is 301 Å². The Morgan fingerprint density at radius 3 is 1.27 bits per heavy atom. The van der Waals surface area contributed by atoms with E-state index in [1.807, 2.05) is 0 Å². The van der Waals surface area contributed by atoms with E-state index in [1.165, 1.54) is 186 Å². The lowest BCUT2D eigenvalue weighted by Crippen LogP contribution is -2.57. The Morgan fingerprint density at radius 2 is 0.900 bits per heavy atom. The van der Waals surface area contributed by atoms with Crippen molar-refractivity contribution in [2.75, 3.05) is 13.2 Å². The average molecular weight is 856 g/mol. The number of nitrogens with one attached hydrogen (secondary N) is 1. The van der Waals surface area contributed by atoms with Crippen molar-refractivity contribution in [3.8, 4) is 0 Å². The number of carbonyl (C=O) groups is 1. The van der Waals surface area contributed by atoms with Gasteiger partial charge in [0.25, 0.3) is 0 Å². The Hall–Kier alpha value is -0.810. The van der Waals surface area contributed by atoms with Gasteiger partial charge in [0.05, 0.1) is 31.5 Å². The van der Waals surface area contributed by atoms with E-state index in [0.29, 0.717) is 12.8 Å². The fourth-order valence-corrected chi connectivity index (χ4v) is 8.82. The van der Waals surface area contributed by atoms with Crippen LogP contribution in [0.2, 0.25) is 0 Å². The minimum atomic E-state index is -1.24. The second kappa shape index (κ2) is 40.9. The first kappa shape index (κ1) is 57.2. The van der Waals surface area contributed by atoms with Crippen LogP contribution < -0.4 is 5.32 Å². The molecule has 1 fully saturated rings. The molecule has 1 amide bonds. The molecule has 0 spiro atoms. The third kappa shape index (κ3) is 30.3. The maximum absolute atomic E-state index is 13.1. The SMILES string of the molecule is CCCCCCCCCCCCCCCCCCCCCCCCCC(=O)N[C@@H](CO[C@H]1OC(CO)[C@H](O)C(O)C1C)[C@H](O)[C@H](O)CCCCCCCCCCCCCC. The van der Waals surface area contributed by atoms with Crippen molar-refractivity contribution < 1.29 is 39.8 Å². The third-order valence-electron chi connectivity index (χ3n) is 13.1. The van der Waals surface area contributed by atoms with Crippen LogP contribution in [0.5, 0.6) is 0 Å². The second-order valence-corrected chi connectivity index (χ2v) is 18.8. The number of amides is 1. The summed E-state index contributed by atoms with van der Waals surface area (Å²) in [5.41, 5.74) is 0. The van der Waals surface area contributed by atoms with E-state index >= 15 is 0 Å². The molecule has 0 aromatic heterocycles. The summed E-state index contributed by atoms with van der Waals surface area (Å²) in [5, 5.41) is 55.5. The first-order valence-electron chi connectivity index (χ1n) is 26.2. The lowest BCUT2D eigenvalue weighted by Gasteiger charge is -2.41. The van der Waals surface area contributed by atoms with Crippen LogP contribution in [0.1, 0.15) is 258 Å². The monoisotopic (exact) mass is 856 g/mol. The van der Waals surface area contributed by atoms with Gasteiger partial charge >= 0.3 is 0 Å². The number of aliphatic hydroxyl groups is 5. The standard InChI is InChI=1S/C51H101NO8/c1-4-6-8-10-12-14-16-18-19-20-21-22-23-24-25-26-27-28-30-32-34-36-38-40-47(55)52-44(42-59-51-43(3)48(56)50(58)46(41-53)60-51)49(57)45(54)39-37-35-33-31-29-17-15-13-11-9-7-5-2/h43-46,48-51,53-54,56-58H,4-42H2,1-3H3,(H,52,55)/t43?,44-,45+,46?,48?,49-,50-,51-/m0/s1. The van der Waals surface area contributed by atoms with Gasteiger partial charge in [0.1, 0.15) is 18.3 Å². The highest BCUT2D eigenvalue weighted by atomic mass is 16.7. The number of aliphatic hydroxyl groups excluding tert-OH is 5. The zero-order valence-corrected chi connectivity index (χ0v) is 39.7. The van der Waals surface area contributed by atoms with Crippen molar-refractivity contribution in [3.05, 3.63) is 0 Å². The maximum Gasteiger partial charge on any atom is 0.220 e. The van der Waals surface area contributed by atoms with E-state index in [9.17, 15) is 30.3 Å². The fraction of sp³-hybridized carbons (Fsp3) is 0.980. The van der Waals surface area contributed by atoms with E-state index in [0.717, 1.165) is 38.5 Å². The van der Waals surface area contributed by atoms with E-state index in [-0.39, 0.29) is 12.5 Å². The molecular formula is C51H101NO8. The first-order valence-corrected chi connectivity index (χ1v) is 26.2. The summed E-state index contributed by atoms with van der Waals surface area (Å²) in [5.74, 6) is -0.791. The molecule has 1 aliphatic heterocycles. The van der Waals surface area contributed by atoms with Gasteiger partial charge in [-0.05, 0) is 12.8 Å². The van der Waals surface area contributed by atoms with Crippen LogP contribution in [0, 0.1) is 5.92 Å². The van der Waals surface area contributed by atoms with Crippen LogP contribution in [0.25, 0.3) is 0 Å². The molecule has 9 heteroatoms. The summed E-state index contributed by atoms with van der Waals surface area (Å²) in [6.45, 7) is 5.59. The van der Waals surface area contributed by atoms with Gasteiger partial charge in [-0.1, -0.05) is 239 Å². The number of hydrogen-bond acceptors (Lipinski definition) is 8. The van der Waals surface area contributed by atoms with Crippen LogP contribution in [-0.4, -0.2) is 87.5 Å². The molecule has 0 saturated carbocycles. The summed E-state index contributed by atoms with van der Waals surface area (Å²) in [7, 11) is 0. The Kier molecular flexibility index (Phi) is 39.0. The molecule has 0 aromatic carbocycles.